The largest absolute Gasteiger partial charge is 0.372 e. The summed E-state index contributed by atoms with van der Waals surface area (Å²) in [4.78, 5) is 4.79. The average molecular weight is 333 g/mol. The lowest BCUT2D eigenvalue weighted by atomic mass is 10.2. The van der Waals surface area contributed by atoms with E-state index in [0.717, 1.165) is 33.9 Å². The predicted molar refractivity (Wildman–Crippen MR) is 95.5 cm³/mol. The van der Waals surface area contributed by atoms with Gasteiger partial charge >= 0.3 is 0 Å². The lowest BCUT2D eigenvalue weighted by Gasteiger charge is -2.16. The Morgan fingerprint density at radius 3 is 2.88 bits per heavy atom. The Labute approximate surface area is 144 Å². The minimum Gasteiger partial charge on any atom is -0.372 e. The third-order valence-corrected chi connectivity index (χ3v) is 4.86. The summed E-state index contributed by atoms with van der Waals surface area (Å²) in [5, 5.41) is 16.4. The van der Waals surface area contributed by atoms with Crippen LogP contribution in [0, 0.1) is 0 Å². The first-order valence-corrected chi connectivity index (χ1v) is 8.59. The number of nitrogens with one attached hydrogen (secondary N) is 1. The van der Waals surface area contributed by atoms with E-state index in [1.165, 1.54) is 12.8 Å². The smallest absolute Gasteiger partial charge is 0.200 e. The van der Waals surface area contributed by atoms with Crippen LogP contribution in [0.25, 0.3) is 16.7 Å². The summed E-state index contributed by atoms with van der Waals surface area (Å²) in [6, 6.07) is 10.3. The second-order valence-electron chi connectivity index (χ2n) is 6.74. The number of nitrogens with zero attached hydrogens (tertiary/aromatic N) is 6. The van der Waals surface area contributed by atoms with Crippen LogP contribution in [0.1, 0.15) is 43.2 Å². The Bertz CT molecular complexity index is 1070. The second-order valence-corrected chi connectivity index (χ2v) is 6.74. The summed E-state index contributed by atoms with van der Waals surface area (Å²) in [6.45, 7) is 2.12. The van der Waals surface area contributed by atoms with E-state index in [-0.39, 0.29) is 6.04 Å². The highest BCUT2D eigenvalue weighted by atomic mass is 15.4. The van der Waals surface area contributed by atoms with E-state index >= 15 is 0 Å². The molecule has 7 nitrogen and oxygen atoms in total. The molecule has 1 saturated carbocycles. The molecule has 1 fully saturated rings. The molecule has 1 aromatic carbocycles. The molecule has 126 valence electrons. The topological polar surface area (TPSA) is 72.9 Å². The molecule has 5 rings (SSSR count). The predicted octanol–water partition coefficient (Wildman–Crippen LogP) is 3.06. The van der Waals surface area contributed by atoms with Crippen molar-refractivity contribution in [3.63, 3.8) is 0 Å². The van der Waals surface area contributed by atoms with Gasteiger partial charge in [0.25, 0.3) is 0 Å². The average Bonchev–Trinajstić information content (AvgIpc) is 3.27. The van der Waals surface area contributed by atoms with Crippen LogP contribution in [0.2, 0.25) is 0 Å². The summed E-state index contributed by atoms with van der Waals surface area (Å²) in [5.74, 6) is 1.56. The first kappa shape index (κ1) is 14.4. The maximum absolute atomic E-state index is 4.79. The van der Waals surface area contributed by atoms with Crippen molar-refractivity contribution in [3.8, 4) is 0 Å². The van der Waals surface area contributed by atoms with Gasteiger partial charge in [0.2, 0.25) is 5.65 Å². The van der Waals surface area contributed by atoms with Gasteiger partial charge in [-0.3, -0.25) is 0 Å². The molecule has 1 aliphatic rings. The molecule has 0 bridgehead atoms. The SMILES string of the molecule is CC(Nc1cc(C2CC2)nn2cnnc12)c1nc2ccccc2n1C. The molecular formula is C18H19N7. The van der Waals surface area contributed by atoms with Crippen molar-refractivity contribution in [2.24, 2.45) is 7.05 Å². The van der Waals surface area contributed by atoms with Gasteiger partial charge in [-0.05, 0) is 38.0 Å². The second kappa shape index (κ2) is 5.27. The van der Waals surface area contributed by atoms with Gasteiger partial charge in [0.1, 0.15) is 12.2 Å². The Morgan fingerprint density at radius 2 is 2.08 bits per heavy atom. The van der Waals surface area contributed by atoms with Crippen LogP contribution in [0.3, 0.4) is 0 Å². The zero-order valence-corrected chi connectivity index (χ0v) is 14.2. The van der Waals surface area contributed by atoms with Gasteiger partial charge in [0.05, 0.1) is 28.5 Å². The number of hydrogen-bond acceptors (Lipinski definition) is 5. The molecule has 4 aromatic rings. The number of fused-ring (bicyclic) bond motifs is 2. The van der Waals surface area contributed by atoms with Gasteiger partial charge in [-0.1, -0.05) is 12.1 Å². The van der Waals surface area contributed by atoms with Crippen molar-refractivity contribution in [1.82, 2.24) is 29.4 Å². The molecule has 0 radical (unpaired) electrons. The van der Waals surface area contributed by atoms with E-state index in [9.17, 15) is 0 Å². The van der Waals surface area contributed by atoms with Crippen molar-refractivity contribution in [2.45, 2.75) is 31.7 Å². The third-order valence-electron chi connectivity index (χ3n) is 4.86. The van der Waals surface area contributed by atoms with E-state index in [0.29, 0.717) is 5.92 Å². The molecule has 7 heteroatoms. The first-order chi connectivity index (χ1) is 12.2. The highest BCUT2D eigenvalue weighted by Crippen LogP contribution is 2.40. The van der Waals surface area contributed by atoms with Crippen molar-refractivity contribution in [2.75, 3.05) is 5.32 Å². The standard InChI is InChI=1S/C18H19N7/c1-11(17-21-13-5-3-4-6-16(13)24(17)2)20-15-9-14(12-7-8-12)23-25-10-19-22-18(15)25/h3-6,9-12,20H,7-8H2,1-2H3. The molecule has 1 atom stereocenters. The van der Waals surface area contributed by atoms with Crippen molar-refractivity contribution in [1.29, 1.82) is 0 Å². The molecule has 3 heterocycles. The molecule has 0 spiro atoms. The zero-order valence-electron chi connectivity index (χ0n) is 14.2. The number of benzene rings is 1. The van der Waals surface area contributed by atoms with Crippen molar-refractivity contribution in [3.05, 3.63) is 48.2 Å². The maximum Gasteiger partial charge on any atom is 0.200 e. The highest BCUT2D eigenvalue weighted by Gasteiger charge is 2.27. The van der Waals surface area contributed by atoms with Crippen LogP contribution in [-0.2, 0) is 7.05 Å². The van der Waals surface area contributed by atoms with Crippen molar-refractivity contribution < 1.29 is 0 Å². The van der Waals surface area contributed by atoms with Gasteiger partial charge in [-0.25, -0.2) is 4.98 Å². The van der Waals surface area contributed by atoms with Crippen LogP contribution >= 0.6 is 0 Å². The maximum atomic E-state index is 4.79. The fourth-order valence-electron chi connectivity index (χ4n) is 3.38. The van der Waals surface area contributed by atoms with E-state index < -0.39 is 0 Å². The molecule has 1 unspecified atom stereocenters. The summed E-state index contributed by atoms with van der Waals surface area (Å²) >= 11 is 0. The fourth-order valence-corrected chi connectivity index (χ4v) is 3.38. The molecule has 1 aliphatic carbocycles. The monoisotopic (exact) mass is 333 g/mol. The van der Waals surface area contributed by atoms with E-state index in [4.69, 9.17) is 4.98 Å². The Balaban J connectivity index is 1.54. The number of imidazole rings is 1. The number of anilines is 1. The summed E-state index contributed by atoms with van der Waals surface area (Å²) in [7, 11) is 2.05. The zero-order chi connectivity index (χ0) is 17.0. The van der Waals surface area contributed by atoms with E-state index in [1.807, 2.05) is 18.2 Å². The fraction of sp³-hybridized carbons (Fsp3) is 0.333. The quantitative estimate of drug-likeness (QED) is 0.621. The normalized spacial score (nSPS) is 15.8. The Morgan fingerprint density at radius 1 is 1.24 bits per heavy atom. The molecule has 0 amide bonds. The van der Waals surface area contributed by atoms with Crippen LogP contribution in [0.15, 0.2) is 36.7 Å². The molecule has 1 N–H and O–H groups in total. The minimum absolute atomic E-state index is 0.0346. The number of para-hydroxylation sites is 2. The number of aromatic nitrogens is 6. The van der Waals surface area contributed by atoms with E-state index in [2.05, 4.69) is 51.3 Å². The van der Waals surface area contributed by atoms with E-state index in [1.54, 1.807) is 10.8 Å². The summed E-state index contributed by atoms with van der Waals surface area (Å²) < 4.78 is 3.90. The van der Waals surface area contributed by atoms with Crippen LogP contribution in [-0.4, -0.2) is 29.4 Å². The number of hydrogen-bond donors (Lipinski definition) is 1. The molecule has 0 aliphatic heterocycles. The van der Waals surface area contributed by atoms with Crippen LogP contribution < -0.4 is 5.32 Å². The van der Waals surface area contributed by atoms with Crippen LogP contribution in [0.5, 0.6) is 0 Å². The summed E-state index contributed by atoms with van der Waals surface area (Å²) in [5.41, 5.74) is 4.94. The van der Waals surface area contributed by atoms with Gasteiger partial charge in [0.15, 0.2) is 0 Å². The van der Waals surface area contributed by atoms with Gasteiger partial charge in [-0.15, -0.1) is 10.2 Å². The van der Waals surface area contributed by atoms with Crippen LogP contribution in [0.4, 0.5) is 5.69 Å². The lowest BCUT2D eigenvalue weighted by Crippen LogP contribution is -2.13. The van der Waals surface area contributed by atoms with Gasteiger partial charge in [0, 0.05) is 13.0 Å². The number of rotatable bonds is 4. The highest BCUT2D eigenvalue weighted by molar-refractivity contribution is 5.76. The Kier molecular flexibility index (Phi) is 3.03. The molecule has 25 heavy (non-hydrogen) atoms. The first-order valence-electron chi connectivity index (χ1n) is 8.59. The third kappa shape index (κ3) is 2.34. The summed E-state index contributed by atoms with van der Waals surface area (Å²) in [6.07, 6.45) is 4.08. The molecular weight excluding hydrogens is 314 g/mol. The molecule has 3 aromatic heterocycles. The Hall–Kier alpha value is -2.96. The minimum atomic E-state index is 0.0346. The lowest BCUT2D eigenvalue weighted by molar-refractivity contribution is 0.732. The van der Waals surface area contributed by atoms with Gasteiger partial charge < -0.3 is 9.88 Å². The van der Waals surface area contributed by atoms with Crippen molar-refractivity contribution >= 4 is 22.4 Å². The number of aryl methyl sites for hydroxylation is 1. The molecule has 0 saturated heterocycles. The van der Waals surface area contributed by atoms with Gasteiger partial charge in [-0.2, -0.15) is 9.61 Å².